The fourth-order valence-corrected chi connectivity index (χ4v) is 3.73. The van der Waals surface area contributed by atoms with Crippen molar-refractivity contribution in [3.05, 3.63) is 60.2 Å². The summed E-state index contributed by atoms with van der Waals surface area (Å²) in [6.45, 7) is 5.59. The minimum Gasteiger partial charge on any atom is -0.494 e. The lowest BCUT2D eigenvalue weighted by molar-refractivity contribution is -0.128. The molecule has 2 N–H and O–H groups in total. The predicted molar refractivity (Wildman–Crippen MR) is 112 cm³/mol. The summed E-state index contributed by atoms with van der Waals surface area (Å²) in [6.07, 6.45) is 1.01. The molecule has 0 aromatic heterocycles. The van der Waals surface area contributed by atoms with Crippen LogP contribution in [0.5, 0.6) is 11.5 Å². The van der Waals surface area contributed by atoms with E-state index in [0.717, 1.165) is 11.8 Å². The zero-order chi connectivity index (χ0) is 21.5. The monoisotopic (exact) mass is 420 g/mol. The van der Waals surface area contributed by atoms with E-state index in [1.54, 1.807) is 24.3 Å². The second-order valence-corrected chi connectivity index (χ2v) is 8.75. The predicted octanol–water partition coefficient (Wildman–Crippen LogP) is 2.65. The van der Waals surface area contributed by atoms with Gasteiger partial charge in [0.05, 0.1) is 18.9 Å². The summed E-state index contributed by atoms with van der Waals surface area (Å²) in [5.41, 5.74) is -0.579. The van der Waals surface area contributed by atoms with Crippen molar-refractivity contribution in [1.29, 1.82) is 0 Å². The molecule has 0 radical (unpaired) electrons. The number of carbonyl (C=O) groups is 1. The number of hydrogen-bond acceptors (Lipinski definition) is 5. The number of rotatable bonds is 10. The maximum absolute atomic E-state index is 12.9. The van der Waals surface area contributed by atoms with Crippen LogP contribution in [0.15, 0.2) is 54.6 Å². The SMILES string of the molecule is CCOc1ccc(OCC(C)(NS(C)(=O)=O)C(=O)NC(C)c2ccccc2)cc1. The van der Waals surface area contributed by atoms with E-state index in [0.29, 0.717) is 18.1 Å². The molecule has 1 amide bonds. The first-order valence-electron chi connectivity index (χ1n) is 9.33. The molecule has 0 heterocycles. The van der Waals surface area contributed by atoms with E-state index in [9.17, 15) is 13.2 Å². The number of benzene rings is 2. The third-order valence-corrected chi connectivity index (χ3v) is 5.04. The molecule has 0 spiro atoms. The van der Waals surface area contributed by atoms with Gasteiger partial charge in [0.2, 0.25) is 15.9 Å². The molecular formula is C21H28N2O5S. The van der Waals surface area contributed by atoms with E-state index in [2.05, 4.69) is 10.0 Å². The van der Waals surface area contributed by atoms with Gasteiger partial charge in [0, 0.05) is 0 Å². The van der Waals surface area contributed by atoms with Gasteiger partial charge in [0.1, 0.15) is 23.6 Å². The molecule has 2 rings (SSSR count). The van der Waals surface area contributed by atoms with Crippen LogP contribution >= 0.6 is 0 Å². The molecule has 0 fully saturated rings. The quantitative estimate of drug-likeness (QED) is 0.616. The van der Waals surface area contributed by atoms with Gasteiger partial charge in [0.25, 0.3) is 0 Å². The first-order chi connectivity index (χ1) is 13.6. The van der Waals surface area contributed by atoms with Crippen LogP contribution in [0.1, 0.15) is 32.4 Å². The molecule has 0 saturated carbocycles. The minimum atomic E-state index is -3.66. The third kappa shape index (κ3) is 7.07. The Bertz CT molecular complexity index is 900. The largest absolute Gasteiger partial charge is 0.494 e. The van der Waals surface area contributed by atoms with Crippen LogP contribution in [0.3, 0.4) is 0 Å². The van der Waals surface area contributed by atoms with Crippen LogP contribution in [0.25, 0.3) is 0 Å². The molecule has 29 heavy (non-hydrogen) atoms. The van der Waals surface area contributed by atoms with E-state index in [4.69, 9.17) is 9.47 Å². The number of amides is 1. The van der Waals surface area contributed by atoms with Crippen LogP contribution in [0, 0.1) is 0 Å². The van der Waals surface area contributed by atoms with Gasteiger partial charge >= 0.3 is 0 Å². The number of nitrogens with one attached hydrogen (secondary N) is 2. The van der Waals surface area contributed by atoms with Crippen molar-refractivity contribution in [1.82, 2.24) is 10.0 Å². The van der Waals surface area contributed by atoms with Gasteiger partial charge in [-0.05, 0) is 50.6 Å². The Labute approximate surface area is 172 Å². The lowest BCUT2D eigenvalue weighted by Crippen LogP contribution is -2.60. The highest BCUT2D eigenvalue weighted by Crippen LogP contribution is 2.20. The Hall–Kier alpha value is -2.58. The summed E-state index contributed by atoms with van der Waals surface area (Å²) in [7, 11) is -3.66. The zero-order valence-corrected chi connectivity index (χ0v) is 18.0. The van der Waals surface area contributed by atoms with Crippen LogP contribution < -0.4 is 19.5 Å². The normalized spacial score (nSPS) is 14.5. The molecule has 0 bridgehead atoms. The first-order valence-corrected chi connectivity index (χ1v) is 11.2. The van der Waals surface area contributed by atoms with Crippen LogP contribution in [-0.2, 0) is 14.8 Å². The van der Waals surface area contributed by atoms with Crippen molar-refractivity contribution >= 4 is 15.9 Å². The number of sulfonamides is 1. The number of hydrogen-bond donors (Lipinski definition) is 2. The number of carbonyl (C=O) groups excluding carboxylic acids is 1. The average molecular weight is 421 g/mol. The molecule has 2 aromatic rings. The first kappa shape index (κ1) is 22.7. The van der Waals surface area contributed by atoms with E-state index in [1.165, 1.54) is 6.92 Å². The molecule has 0 aliphatic carbocycles. The average Bonchev–Trinajstić information content (AvgIpc) is 2.67. The van der Waals surface area contributed by atoms with Gasteiger partial charge in [0.15, 0.2) is 0 Å². The van der Waals surface area contributed by atoms with Gasteiger partial charge in [-0.15, -0.1) is 0 Å². The molecule has 0 aliphatic heterocycles. The third-order valence-electron chi connectivity index (χ3n) is 4.22. The maximum Gasteiger partial charge on any atom is 0.245 e. The molecule has 158 valence electrons. The molecule has 7 nitrogen and oxygen atoms in total. The molecule has 0 aliphatic rings. The zero-order valence-electron chi connectivity index (χ0n) is 17.1. The molecule has 0 saturated heterocycles. The van der Waals surface area contributed by atoms with Crippen LogP contribution in [0.2, 0.25) is 0 Å². The topological polar surface area (TPSA) is 93.7 Å². The molecular weight excluding hydrogens is 392 g/mol. The van der Waals surface area contributed by atoms with Gasteiger partial charge in [-0.1, -0.05) is 30.3 Å². The van der Waals surface area contributed by atoms with Crippen molar-refractivity contribution in [3.63, 3.8) is 0 Å². The van der Waals surface area contributed by atoms with E-state index >= 15 is 0 Å². The highest BCUT2D eigenvalue weighted by atomic mass is 32.2. The van der Waals surface area contributed by atoms with Crippen LogP contribution in [-0.4, -0.2) is 39.3 Å². The van der Waals surface area contributed by atoms with E-state index in [-0.39, 0.29) is 12.6 Å². The van der Waals surface area contributed by atoms with Crippen molar-refractivity contribution < 1.29 is 22.7 Å². The van der Waals surface area contributed by atoms with Crippen molar-refractivity contribution in [2.45, 2.75) is 32.4 Å². The standard InChI is InChI=1S/C21H28N2O5S/c1-5-27-18-11-13-19(14-12-18)28-15-21(3,23-29(4,25)26)20(24)22-16(2)17-9-7-6-8-10-17/h6-14,16,23H,5,15H2,1-4H3,(H,22,24). The number of ether oxygens (including phenoxy) is 2. The Morgan fingerprint density at radius 1 is 1.03 bits per heavy atom. The van der Waals surface area contributed by atoms with Gasteiger partial charge in [-0.3, -0.25) is 4.79 Å². The molecule has 8 heteroatoms. The summed E-state index contributed by atoms with van der Waals surface area (Å²) in [6, 6.07) is 16.0. The Kier molecular flexibility index (Phi) is 7.64. The van der Waals surface area contributed by atoms with Crippen molar-refractivity contribution in [2.75, 3.05) is 19.5 Å². The van der Waals surface area contributed by atoms with Gasteiger partial charge in [-0.25, -0.2) is 8.42 Å². The van der Waals surface area contributed by atoms with E-state index < -0.39 is 21.5 Å². The molecule has 2 aromatic carbocycles. The second-order valence-electron chi connectivity index (χ2n) is 7.01. The summed E-state index contributed by atoms with van der Waals surface area (Å²) in [4.78, 5) is 12.9. The Morgan fingerprint density at radius 3 is 2.10 bits per heavy atom. The maximum atomic E-state index is 12.9. The summed E-state index contributed by atoms with van der Waals surface area (Å²) >= 11 is 0. The minimum absolute atomic E-state index is 0.179. The molecule has 2 unspecified atom stereocenters. The van der Waals surface area contributed by atoms with Gasteiger partial charge < -0.3 is 14.8 Å². The fraction of sp³-hybridized carbons (Fsp3) is 0.381. The van der Waals surface area contributed by atoms with Crippen LogP contribution in [0.4, 0.5) is 0 Å². The highest BCUT2D eigenvalue weighted by Gasteiger charge is 2.38. The van der Waals surface area contributed by atoms with Crippen molar-refractivity contribution in [2.24, 2.45) is 0 Å². The highest BCUT2D eigenvalue weighted by molar-refractivity contribution is 7.88. The Balaban J connectivity index is 2.13. The van der Waals surface area contributed by atoms with Crippen molar-refractivity contribution in [3.8, 4) is 11.5 Å². The lowest BCUT2D eigenvalue weighted by Gasteiger charge is -2.30. The van der Waals surface area contributed by atoms with E-state index in [1.807, 2.05) is 44.2 Å². The summed E-state index contributed by atoms with van der Waals surface area (Å²) in [5.74, 6) is 0.718. The second kappa shape index (κ2) is 9.76. The lowest BCUT2D eigenvalue weighted by atomic mass is 10.0. The Morgan fingerprint density at radius 2 is 1.59 bits per heavy atom. The smallest absolute Gasteiger partial charge is 0.245 e. The fourth-order valence-electron chi connectivity index (χ4n) is 2.76. The molecule has 2 atom stereocenters. The summed E-state index contributed by atoms with van der Waals surface area (Å²) < 4.78 is 37.2. The summed E-state index contributed by atoms with van der Waals surface area (Å²) in [5, 5.41) is 2.86. The van der Waals surface area contributed by atoms with Gasteiger partial charge in [-0.2, -0.15) is 4.72 Å².